The summed E-state index contributed by atoms with van der Waals surface area (Å²) in [6.07, 6.45) is 3.55. The maximum absolute atomic E-state index is 12.4. The van der Waals surface area contributed by atoms with E-state index in [1.165, 1.54) is 6.21 Å². The molecule has 0 radical (unpaired) electrons. The fourth-order valence-electron chi connectivity index (χ4n) is 3.48. The second-order valence-electron chi connectivity index (χ2n) is 8.68. The molecule has 0 aliphatic carbocycles. The number of amides is 1. The summed E-state index contributed by atoms with van der Waals surface area (Å²) in [4.78, 5) is 24.8. The monoisotopic (exact) mass is 522 g/mol. The van der Waals surface area contributed by atoms with Crippen LogP contribution in [0.3, 0.4) is 0 Å². The zero-order valence-corrected chi connectivity index (χ0v) is 21.7. The quantitative estimate of drug-likeness (QED) is 0.0762. The Kier molecular flexibility index (Phi) is 9.84. The van der Waals surface area contributed by atoms with Gasteiger partial charge in [0.25, 0.3) is 5.91 Å². The van der Waals surface area contributed by atoms with Gasteiger partial charge >= 0.3 is 5.97 Å². The van der Waals surface area contributed by atoms with Crippen molar-refractivity contribution in [3.05, 3.63) is 125 Å². The van der Waals surface area contributed by atoms with Crippen LogP contribution in [0.5, 0.6) is 17.2 Å². The lowest BCUT2D eigenvalue weighted by molar-refractivity contribution is 0.0734. The van der Waals surface area contributed by atoms with Crippen LogP contribution in [-0.4, -0.2) is 24.7 Å². The Labute approximate surface area is 228 Å². The van der Waals surface area contributed by atoms with Gasteiger partial charge in [0.2, 0.25) is 0 Å². The Bertz CT molecular complexity index is 1370. The van der Waals surface area contributed by atoms with Gasteiger partial charge < -0.3 is 14.2 Å². The number of hydrazone groups is 1. The molecule has 0 heterocycles. The molecule has 1 N–H and O–H groups in total. The number of ether oxygens (including phenoxy) is 3. The number of benzene rings is 4. The Morgan fingerprint density at radius 3 is 2.03 bits per heavy atom. The molecule has 4 aromatic rings. The van der Waals surface area contributed by atoms with E-state index in [4.69, 9.17) is 14.2 Å². The summed E-state index contributed by atoms with van der Waals surface area (Å²) in [6, 6.07) is 30.4. The third kappa shape index (κ3) is 8.57. The molecule has 0 aromatic heterocycles. The lowest BCUT2D eigenvalue weighted by atomic mass is 10.2. The van der Waals surface area contributed by atoms with E-state index < -0.39 is 5.97 Å². The molecule has 4 aromatic carbocycles. The van der Waals surface area contributed by atoms with Gasteiger partial charge in [0.15, 0.2) is 0 Å². The third-order valence-corrected chi connectivity index (χ3v) is 5.69. The van der Waals surface area contributed by atoms with E-state index in [0.29, 0.717) is 35.8 Å². The average molecular weight is 523 g/mol. The molecule has 198 valence electrons. The number of esters is 1. The predicted octanol–water partition coefficient (Wildman–Crippen LogP) is 6.43. The average Bonchev–Trinajstić information content (AvgIpc) is 2.98. The first-order chi connectivity index (χ1) is 19.1. The van der Waals surface area contributed by atoms with Crippen LogP contribution >= 0.6 is 0 Å². The summed E-state index contributed by atoms with van der Waals surface area (Å²) in [5.74, 6) is 1.00. The topological polar surface area (TPSA) is 86.2 Å². The fraction of sp³-hybridized carbons (Fsp3) is 0.156. The van der Waals surface area contributed by atoms with Crippen molar-refractivity contribution in [3.63, 3.8) is 0 Å². The van der Waals surface area contributed by atoms with Gasteiger partial charge in [-0.2, -0.15) is 5.10 Å². The summed E-state index contributed by atoms with van der Waals surface area (Å²) < 4.78 is 16.8. The highest BCUT2D eigenvalue weighted by molar-refractivity contribution is 5.95. The molecule has 0 aliphatic rings. The van der Waals surface area contributed by atoms with Crippen molar-refractivity contribution < 1.29 is 23.8 Å². The van der Waals surface area contributed by atoms with Crippen molar-refractivity contribution in [1.82, 2.24) is 5.43 Å². The van der Waals surface area contributed by atoms with Crippen LogP contribution in [0.1, 0.15) is 51.6 Å². The first-order valence-electron chi connectivity index (χ1n) is 12.8. The molecule has 1 amide bonds. The van der Waals surface area contributed by atoms with Crippen LogP contribution in [-0.2, 0) is 6.61 Å². The summed E-state index contributed by atoms with van der Waals surface area (Å²) in [7, 11) is 0. The molecule has 0 spiro atoms. The second kappa shape index (κ2) is 14.1. The van der Waals surface area contributed by atoms with Crippen LogP contribution in [0.2, 0.25) is 0 Å². The zero-order valence-electron chi connectivity index (χ0n) is 21.7. The Balaban J connectivity index is 1.22. The van der Waals surface area contributed by atoms with Crippen molar-refractivity contribution in [1.29, 1.82) is 0 Å². The van der Waals surface area contributed by atoms with Crippen LogP contribution < -0.4 is 19.6 Å². The number of unbranched alkanes of at least 4 members (excludes halogenated alkanes) is 1. The fourth-order valence-corrected chi connectivity index (χ4v) is 3.48. The van der Waals surface area contributed by atoms with Crippen LogP contribution in [0.15, 0.2) is 108 Å². The minimum Gasteiger partial charge on any atom is -0.494 e. The van der Waals surface area contributed by atoms with Gasteiger partial charge in [0, 0.05) is 5.56 Å². The highest BCUT2D eigenvalue weighted by atomic mass is 16.5. The van der Waals surface area contributed by atoms with Gasteiger partial charge in [-0.15, -0.1) is 0 Å². The Morgan fingerprint density at radius 2 is 1.36 bits per heavy atom. The van der Waals surface area contributed by atoms with Gasteiger partial charge in [0.05, 0.1) is 18.4 Å². The first-order valence-corrected chi connectivity index (χ1v) is 12.8. The number of carbonyl (C=O) groups excluding carboxylic acids is 2. The van der Waals surface area contributed by atoms with Crippen LogP contribution in [0.4, 0.5) is 0 Å². The minimum atomic E-state index is -0.458. The van der Waals surface area contributed by atoms with Gasteiger partial charge in [-0.3, -0.25) is 4.79 Å². The number of nitrogens with zero attached hydrogens (tertiary/aromatic N) is 1. The van der Waals surface area contributed by atoms with E-state index in [1.54, 1.807) is 72.8 Å². The predicted molar refractivity (Wildman–Crippen MR) is 151 cm³/mol. The lowest BCUT2D eigenvalue weighted by Crippen LogP contribution is -2.17. The van der Waals surface area contributed by atoms with Crippen molar-refractivity contribution in [2.75, 3.05) is 6.61 Å². The van der Waals surface area contributed by atoms with Crippen molar-refractivity contribution in [2.45, 2.75) is 26.4 Å². The molecule has 0 fully saturated rings. The number of hydrogen-bond acceptors (Lipinski definition) is 6. The normalized spacial score (nSPS) is 10.7. The molecule has 4 rings (SSSR count). The summed E-state index contributed by atoms with van der Waals surface area (Å²) >= 11 is 0. The van der Waals surface area contributed by atoms with E-state index in [2.05, 4.69) is 17.5 Å². The first kappa shape index (κ1) is 27.1. The Morgan fingerprint density at radius 1 is 0.744 bits per heavy atom. The summed E-state index contributed by atoms with van der Waals surface area (Å²) in [5.41, 5.74) is 5.20. The molecule has 0 saturated heterocycles. The van der Waals surface area contributed by atoms with E-state index in [-0.39, 0.29) is 5.91 Å². The zero-order chi connectivity index (χ0) is 27.3. The number of hydrogen-bond donors (Lipinski definition) is 1. The molecular weight excluding hydrogens is 492 g/mol. The highest BCUT2D eigenvalue weighted by Crippen LogP contribution is 2.17. The molecule has 0 aliphatic heterocycles. The van der Waals surface area contributed by atoms with Gasteiger partial charge in [-0.05, 0) is 90.3 Å². The largest absolute Gasteiger partial charge is 0.494 e. The molecular formula is C32H30N2O5. The molecule has 0 atom stereocenters. The van der Waals surface area contributed by atoms with Crippen molar-refractivity contribution in [3.8, 4) is 17.2 Å². The summed E-state index contributed by atoms with van der Waals surface area (Å²) in [6.45, 7) is 3.21. The van der Waals surface area contributed by atoms with Crippen molar-refractivity contribution >= 4 is 18.1 Å². The maximum Gasteiger partial charge on any atom is 0.343 e. The number of rotatable bonds is 12. The lowest BCUT2D eigenvalue weighted by Gasteiger charge is -2.07. The smallest absolute Gasteiger partial charge is 0.343 e. The van der Waals surface area contributed by atoms with E-state index in [0.717, 1.165) is 29.7 Å². The van der Waals surface area contributed by atoms with E-state index >= 15 is 0 Å². The molecule has 0 bridgehead atoms. The third-order valence-electron chi connectivity index (χ3n) is 5.69. The molecule has 0 unspecified atom stereocenters. The number of nitrogens with one attached hydrogen (secondary N) is 1. The van der Waals surface area contributed by atoms with Gasteiger partial charge in [-0.1, -0.05) is 43.7 Å². The summed E-state index contributed by atoms with van der Waals surface area (Å²) in [5, 5.41) is 4.01. The second-order valence-corrected chi connectivity index (χ2v) is 8.68. The molecule has 7 heteroatoms. The van der Waals surface area contributed by atoms with Crippen LogP contribution in [0.25, 0.3) is 0 Å². The molecule has 39 heavy (non-hydrogen) atoms. The number of carbonyl (C=O) groups is 2. The van der Waals surface area contributed by atoms with Crippen molar-refractivity contribution in [2.24, 2.45) is 5.10 Å². The maximum atomic E-state index is 12.4. The van der Waals surface area contributed by atoms with E-state index in [1.807, 2.05) is 30.3 Å². The standard InChI is InChI=1S/C32H30N2O5/c1-2-3-21-37-28-19-13-27(14-20-28)32(36)39-30-15-9-24(10-16-30)22-33-34-31(35)26-11-17-29(18-12-26)38-23-25-7-5-4-6-8-25/h4-20,22H,2-3,21,23H2,1H3,(H,34,35)/b33-22-. The SMILES string of the molecule is CCCCOc1ccc(C(=O)Oc2ccc(/C=N\NC(=O)c3ccc(OCc4ccccc4)cc3)cc2)cc1. The molecule has 0 saturated carbocycles. The minimum absolute atomic E-state index is 0.340. The van der Waals surface area contributed by atoms with Crippen LogP contribution in [0, 0.1) is 0 Å². The van der Waals surface area contributed by atoms with Gasteiger partial charge in [0.1, 0.15) is 23.9 Å². The Hall–Kier alpha value is -4.91. The van der Waals surface area contributed by atoms with E-state index in [9.17, 15) is 9.59 Å². The van der Waals surface area contributed by atoms with Gasteiger partial charge in [-0.25, -0.2) is 10.2 Å². The molecule has 7 nitrogen and oxygen atoms in total. The highest BCUT2D eigenvalue weighted by Gasteiger charge is 2.09.